The van der Waals surface area contributed by atoms with Crippen molar-refractivity contribution in [3.05, 3.63) is 59.2 Å². The molecule has 0 radical (unpaired) electrons. The molecule has 2 aromatic carbocycles. The lowest BCUT2D eigenvalue weighted by Gasteiger charge is -2.25. The second-order valence-electron chi connectivity index (χ2n) is 6.31. The van der Waals surface area contributed by atoms with Gasteiger partial charge >= 0.3 is 0 Å². The Morgan fingerprint density at radius 1 is 1.23 bits per heavy atom. The lowest BCUT2D eigenvalue weighted by Crippen LogP contribution is -2.28. The molecule has 0 saturated carbocycles. The summed E-state index contributed by atoms with van der Waals surface area (Å²) in [6.07, 6.45) is 0.275. The van der Waals surface area contributed by atoms with Gasteiger partial charge in [-0.15, -0.1) is 23.4 Å². The van der Waals surface area contributed by atoms with Gasteiger partial charge in [-0.3, -0.25) is 14.5 Å². The number of anilines is 2. The Morgan fingerprint density at radius 3 is 2.77 bits per heavy atom. The van der Waals surface area contributed by atoms with E-state index in [4.69, 9.17) is 11.6 Å². The van der Waals surface area contributed by atoms with Crippen molar-refractivity contribution < 1.29 is 9.59 Å². The second-order valence-corrected chi connectivity index (χ2v) is 7.75. The van der Waals surface area contributed by atoms with Gasteiger partial charge in [-0.25, -0.2) is 0 Å². The smallest absolute Gasteiger partial charge is 0.238 e. The van der Waals surface area contributed by atoms with Crippen LogP contribution in [-0.2, 0) is 9.59 Å². The molecule has 1 atom stereocenters. The normalized spacial score (nSPS) is 16.8. The third kappa shape index (κ3) is 4.05. The molecule has 1 heterocycles. The Kier molecular flexibility index (Phi) is 5.89. The fourth-order valence-electron chi connectivity index (χ4n) is 2.90. The molecule has 1 N–H and O–H groups in total. The molecule has 2 aromatic rings. The number of halogens is 1. The summed E-state index contributed by atoms with van der Waals surface area (Å²) in [6.45, 7) is 4.11. The van der Waals surface area contributed by atoms with Gasteiger partial charge in [-0.1, -0.05) is 18.2 Å². The number of hydrogen-bond acceptors (Lipinski definition) is 3. The number of carbonyl (C=O) groups excluding carboxylic acids is 2. The summed E-state index contributed by atoms with van der Waals surface area (Å²) in [4.78, 5) is 26.2. The number of carbonyl (C=O) groups is 2. The molecule has 26 heavy (non-hydrogen) atoms. The van der Waals surface area contributed by atoms with Gasteiger partial charge in [0.15, 0.2) is 0 Å². The van der Waals surface area contributed by atoms with Gasteiger partial charge in [0, 0.05) is 23.7 Å². The maximum absolute atomic E-state index is 12.5. The molecule has 1 fully saturated rings. The van der Waals surface area contributed by atoms with Crippen LogP contribution in [0.2, 0.25) is 0 Å². The van der Waals surface area contributed by atoms with E-state index in [-0.39, 0.29) is 23.6 Å². The molecule has 3 rings (SSSR count). The average Bonchev–Trinajstić information content (AvgIpc) is 2.99. The van der Waals surface area contributed by atoms with Crippen LogP contribution in [0.3, 0.4) is 0 Å². The Bertz CT molecular complexity index is 840. The molecule has 0 bridgehead atoms. The molecule has 1 unspecified atom stereocenters. The molecule has 1 aliphatic heterocycles. The molecule has 1 aliphatic rings. The predicted molar refractivity (Wildman–Crippen MR) is 109 cm³/mol. The van der Waals surface area contributed by atoms with E-state index in [0.717, 1.165) is 22.5 Å². The van der Waals surface area contributed by atoms with Crippen LogP contribution in [-0.4, -0.2) is 23.4 Å². The number of aryl methyl sites for hydroxylation is 2. The highest BCUT2D eigenvalue weighted by Gasteiger charge is 2.34. The standard InChI is InChI=1S/C20H21ClN2O2S/c1-13-6-7-17(10-14(13)2)23-19(25)12-26-20(23)15-4-3-5-16(11-15)22-18(24)8-9-21/h3-7,10-11,20H,8-9,12H2,1-2H3,(H,22,24). The zero-order valence-corrected chi connectivity index (χ0v) is 16.4. The molecule has 0 aromatic heterocycles. The molecule has 0 spiro atoms. The fraction of sp³-hybridized carbons (Fsp3) is 0.300. The summed E-state index contributed by atoms with van der Waals surface area (Å²) < 4.78 is 0. The minimum absolute atomic E-state index is 0.0971. The van der Waals surface area contributed by atoms with Crippen molar-refractivity contribution in [2.45, 2.75) is 25.6 Å². The SMILES string of the molecule is Cc1ccc(N2C(=O)CSC2c2cccc(NC(=O)CCCl)c2)cc1C. The van der Waals surface area contributed by atoms with Gasteiger partial charge in [0.1, 0.15) is 5.37 Å². The largest absolute Gasteiger partial charge is 0.326 e. The van der Waals surface area contributed by atoms with Crippen LogP contribution >= 0.6 is 23.4 Å². The van der Waals surface area contributed by atoms with E-state index < -0.39 is 0 Å². The lowest BCUT2D eigenvalue weighted by molar-refractivity contribution is -0.116. The van der Waals surface area contributed by atoms with Crippen molar-refractivity contribution in [2.75, 3.05) is 21.8 Å². The van der Waals surface area contributed by atoms with Crippen molar-refractivity contribution in [1.29, 1.82) is 0 Å². The highest BCUT2D eigenvalue weighted by Crippen LogP contribution is 2.42. The lowest BCUT2D eigenvalue weighted by atomic mass is 10.1. The second kappa shape index (κ2) is 8.14. The molecule has 2 amide bonds. The number of nitrogens with zero attached hydrogens (tertiary/aromatic N) is 1. The van der Waals surface area contributed by atoms with Crippen molar-refractivity contribution in [3.8, 4) is 0 Å². The molecule has 4 nitrogen and oxygen atoms in total. The summed E-state index contributed by atoms with van der Waals surface area (Å²) in [5.74, 6) is 0.720. The summed E-state index contributed by atoms with van der Waals surface area (Å²) in [6, 6.07) is 13.7. The van der Waals surface area contributed by atoms with Crippen molar-refractivity contribution >= 4 is 46.6 Å². The summed E-state index contributed by atoms with van der Waals surface area (Å²) in [7, 11) is 0. The van der Waals surface area contributed by atoms with Gasteiger partial charge in [0.25, 0.3) is 0 Å². The van der Waals surface area contributed by atoms with Crippen molar-refractivity contribution in [1.82, 2.24) is 0 Å². The molecular formula is C20H21ClN2O2S. The first kappa shape index (κ1) is 18.8. The zero-order valence-electron chi connectivity index (χ0n) is 14.8. The van der Waals surface area contributed by atoms with E-state index in [9.17, 15) is 9.59 Å². The first-order valence-electron chi connectivity index (χ1n) is 8.46. The Balaban J connectivity index is 1.88. The average molecular weight is 389 g/mol. The Labute approximate surface area is 162 Å². The number of benzene rings is 2. The highest BCUT2D eigenvalue weighted by molar-refractivity contribution is 8.00. The minimum atomic E-state index is -0.113. The third-order valence-electron chi connectivity index (χ3n) is 4.41. The number of rotatable bonds is 5. The van der Waals surface area contributed by atoms with Gasteiger partial charge < -0.3 is 5.32 Å². The topological polar surface area (TPSA) is 49.4 Å². The molecule has 0 aliphatic carbocycles. The molecule has 6 heteroatoms. The number of amides is 2. The summed E-state index contributed by atoms with van der Waals surface area (Å²) in [5.41, 5.74) is 4.98. The Hall–Kier alpha value is -1.98. The van der Waals surface area contributed by atoms with Crippen LogP contribution in [0.5, 0.6) is 0 Å². The highest BCUT2D eigenvalue weighted by atomic mass is 35.5. The molecule has 1 saturated heterocycles. The first-order valence-corrected chi connectivity index (χ1v) is 10.0. The van der Waals surface area contributed by atoms with Crippen LogP contribution in [0.15, 0.2) is 42.5 Å². The van der Waals surface area contributed by atoms with E-state index in [1.807, 2.05) is 41.3 Å². The van der Waals surface area contributed by atoms with Gasteiger partial charge in [-0.2, -0.15) is 0 Å². The number of alkyl halides is 1. The minimum Gasteiger partial charge on any atom is -0.326 e. The van der Waals surface area contributed by atoms with Crippen LogP contribution in [0.4, 0.5) is 11.4 Å². The van der Waals surface area contributed by atoms with Gasteiger partial charge in [-0.05, 0) is 54.8 Å². The summed E-state index contributed by atoms with van der Waals surface area (Å²) in [5, 5.41) is 2.75. The van der Waals surface area contributed by atoms with Crippen LogP contribution < -0.4 is 10.2 Å². The monoisotopic (exact) mass is 388 g/mol. The third-order valence-corrected chi connectivity index (χ3v) is 5.81. The van der Waals surface area contributed by atoms with Crippen LogP contribution in [0, 0.1) is 13.8 Å². The predicted octanol–water partition coefficient (Wildman–Crippen LogP) is 4.65. The van der Waals surface area contributed by atoms with Gasteiger partial charge in [0.2, 0.25) is 11.8 Å². The van der Waals surface area contributed by atoms with E-state index in [1.165, 1.54) is 5.56 Å². The summed E-state index contributed by atoms with van der Waals surface area (Å²) >= 11 is 7.21. The molecular weight excluding hydrogens is 368 g/mol. The maximum atomic E-state index is 12.5. The number of nitrogens with one attached hydrogen (secondary N) is 1. The van der Waals surface area contributed by atoms with Crippen LogP contribution in [0.1, 0.15) is 28.5 Å². The maximum Gasteiger partial charge on any atom is 0.238 e. The van der Waals surface area contributed by atoms with Crippen LogP contribution in [0.25, 0.3) is 0 Å². The van der Waals surface area contributed by atoms with E-state index in [0.29, 0.717) is 11.6 Å². The van der Waals surface area contributed by atoms with E-state index in [2.05, 4.69) is 25.2 Å². The van der Waals surface area contributed by atoms with E-state index in [1.54, 1.807) is 11.8 Å². The van der Waals surface area contributed by atoms with E-state index >= 15 is 0 Å². The zero-order chi connectivity index (χ0) is 18.7. The Morgan fingerprint density at radius 2 is 2.04 bits per heavy atom. The fourth-order valence-corrected chi connectivity index (χ4v) is 4.24. The quantitative estimate of drug-likeness (QED) is 0.758. The molecule has 136 valence electrons. The number of thioether (sulfide) groups is 1. The van der Waals surface area contributed by atoms with Crippen molar-refractivity contribution in [2.24, 2.45) is 0 Å². The first-order chi connectivity index (χ1) is 12.5. The van der Waals surface area contributed by atoms with Gasteiger partial charge in [0.05, 0.1) is 5.75 Å². The number of hydrogen-bond donors (Lipinski definition) is 1. The van der Waals surface area contributed by atoms with Crippen molar-refractivity contribution in [3.63, 3.8) is 0 Å².